The van der Waals surface area contributed by atoms with Crippen LogP contribution in [0.2, 0.25) is 0 Å². The SMILES string of the molecule is Cc1csc(-c2nc(CNC(=O)NC(C)(C)C)[nH]c2-c2ccc3ncsc3c2)n1. The number of nitrogens with zero attached hydrogens (tertiary/aromatic N) is 3. The molecule has 150 valence electrons. The molecule has 0 fully saturated rings. The van der Waals surface area contributed by atoms with Gasteiger partial charge >= 0.3 is 6.03 Å². The second-order valence-electron chi connectivity index (χ2n) is 7.79. The first-order valence-corrected chi connectivity index (χ1v) is 11.0. The first kappa shape index (κ1) is 19.5. The number of hydrogen-bond donors (Lipinski definition) is 3. The molecule has 0 aliphatic rings. The lowest BCUT2D eigenvalue weighted by Gasteiger charge is -2.20. The van der Waals surface area contributed by atoms with Crippen molar-refractivity contribution in [2.24, 2.45) is 0 Å². The van der Waals surface area contributed by atoms with Crippen molar-refractivity contribution < 1.29 is 4.79 Å². The van der Waals surface area contributed by atoms with Crippen LogP contribution in [0.5, 0.6) is 0 Å². The van der Waals surface area contributed by atoms with Gasteiger partial charge in [-0.15, -0.1) is 22.7 Å². The van der Waals surface area contributed by atoms with Crippen molar-refractivity contribution in [3.05, 3.63) is 40.6 Å². The van der Waals surface area contributed by atoms with Gasteiger partial charge in [-0.1, -0.05) is 6.07 Å². The highest BCUT2D eigenvalue weighted by Gasteiger charge is 2.19. The van der Waals surface area contributed by atoms with Crippen molar-refractivity contribution in [1.82, 2.24) is 30.6 Å². The van der Waals surface area contributed by atoms with E-state index in [1.54, 1.807) is 22.7 Å². The largest absolute Gasteiger partial charge is 0.340 e. The number of carbonyl (C=O) groups excluding carboxylic acids is 1. The van der Waals surface area contributed by atoms with E-state index in [1.165, 1.54) is 0 Å². The van der Waals surface area contributed by atoms with Gasteiger partial charge < -0.3 is 15.6 Å². The van der Waals surface area contributed by atoms with Gasteiger partial charge in [-0.3, -0.25) is 0 Å². The first-order chi connectivity index (χ1) is 13.8. The second-order valence-corrected chi connectivity index (χ2v) is 9.54. The Bertz CT molecular complexity index is 1170. The van der Waals surface area contributed by atoms with Gasteiger partial charge in [-0.05, 0) is 39.8 Å². The van der Waals surface area contributed by atoms with Gasteiger partial charge in [0.1, 0.15) is 16.5 Å². The zero-order chi connectivity index (χ0) is 20.6. The minimum absolute atomic E-state index is 0.229. The van der Waals surface area contributed by atoms with Crippen LogP contribution in [0.3, 0.4) is 0 Å². The molecule has 2 amide bonds. The molecule has 29 heavy (non-hydrogen) atoms. The summed E-state index contributed by atoms with van der Waals surface area (Å²) < 4.78 is 1.11. The highest BCUT2D eigenvalue weighted by Crippen LogP contribution is 2.34. The number of aromatic nitrogens is 4. The van der Waals surface area contributed by atoms with Gasteiger partial charge in [0.05, 0.1) is 28.0 Å². The van der Waals surface area contributed by atoms with E-state index in [2.05, 4.69) is 31.7 Å². The van der Waals surface area contributed by atoms with Crippen molar-refractivity contribution in [2.75, 3.05) is 0 Å². The van der Waals surface area contributed by atoms with Crippen molar-refractivity contribution in [3.8, 4) is 22.0 Å². The number of amides is 2. The lowest BCUT2D eigenvalue weighted by atomic mass is 10.1. The lowest BCUT2D eigenvalue weighted by molar-refractivity contribution is 0.231. The zero-order valence-electron chi connectivity index (χ0n) is 16.7. The summed E-state index contributed by atoms with van der Waals surface area (Å²) in [7, 11) is 0. The van der Waals surface area contributed by atoms with E-state index in [9.17, 15) is 4.79 Å². The first-order valence-electron chi connectivity index (χ1n) is 9.19. The normalized spacial score (nSPS) is 11.7. The van der Waals surface area contributed by atoms with E-state index in [1.807, 2.05) is 50.7 Å². The fourth-order valence-electron chi connectivity index (χ4n) is 2.89. The summed E-state index contributed by atoms with van der Waals surface area (Å²) in [5.74, 6) is 0.677. The van der Waals surface area contributed by atoms with E-state index >= 15 is 0 Å². The molecule has 0 spiro atoms. The number of nitrogens with one attached hydrogen (secondary N) is 3. The minimum Gasteiger partial charge on any atom is -0.340 e. The summed E-state index contributed by atoms with van der Waals surface area (Å²) in [5.41, 5.74) is 6.18. The number of carbonyl (C=O) groups is 1. The maximum absolute atomic E-state index is 12.1. The third-order valence-corrected chi connectivity index (χ3v) is 5.86. The molecule has 3 N–H and O–H groups in total. The molecule has 3 aromatic heterocycles. The van der Waals surface area contributed by atoms with Gasteiger partial charge in [0, 0.05) is 22.2 Å². The molecule has 0 aliphatic heterocycles. The number of imidazole rings is 1. The number of thiazole rings is 2. The molecule has 0 radical (unpaired) electrons. The maximum Gasteiger partial charge on any atom is 0.315 e. The highest BCUT2D eigenvalue weighted by atomic mass is 32.1. The Hall–Kier alpha value is -2.78. The zero-order valence-corrected chi connectivity index (χ0v) is 18.3. The Morgan fingerprint density at radius 1 is 1.21 bits per heavy atom. The van der Waals surface area contributed by atoms with Crippen LogP contribution in [-0.4, -0.2) is 31.5 Å². The fraction of sp³-hybridized carbons (Fsp3) is 0.300. The molecule has 0 aliphatic carbocycles. The van der Waals surface area contributed by atoms with Crippen molar-refractivity contribution in [1.29, 1.82) is 0 Å². The van der Waals surface area contributed by atoms with Crippen LogP contribution in [0, 0.1) is 6.92 Å². The Labute approximate surface area is 176 Å². The molecule has 4 rings (SSSR count). The summed E-state index contributed by atoms with van der Waals surface area (Å²) in [6.45, 7) is 8.08. The van der Waals surface area contributed by atoms with E-state index in [-0.39, 0.29) is 11.6 Å². The maximum atomic E-state index is 12.1. The topological polar surface area (TPSA) is 95.6 Å². The van der Waals surface area contributed by atoms with Crippen LogP contribution < -0.4 is 10.6 Å². The number of H-pyrrole nitrogens is 1. The summed E-state index contributed by atoms with van der Waals surface area (Å²) >= 11 is 3.16. The highest BCUT2D eigenvalue weighted by molar-refractivity contribution is 7.16. The monoisotopic (exact) mass is 426 g/mol. The van der Waals surface area contributed by atoms with Crippen LogP contribution in [0.25, 0.3) is 32.2 Å². The van der Waals surface area contributed by atoms with Crippen LogP contribution in [0.15, 0.2) is 29.1 Å². The summed E-state index contributed by atoms with van der Waals surface area (Å²) in [5, 5.41) is 8.61. The molecule has 0 bridgehead atoms. The molecule has 0 unspecified atom stereocenters. The summed E-state index contributed by atoms with van der Waals surface area (Å²) in [6.07, 6.45) is 0. The number of hydrogen-bond acceptors (Lipinski definition) is 6. The quantitative estimate of drug-likeness (QED) is 0.440. The van der Waals surface area contributed by atoms with Crippen LogP contribution in [0.1, 0.15) is 32.3 Å². The van der Waals surface area contributed by atoms with Gasteiger partial charge in [0.15, 0.2) is 0 Å². The molecule has 0 atom stereocenters. The van der Waals surface area contributed by atoms with Crippen LogP contribution in [0.4, 0.5) is 4.79 Å². The lowest BCUT2D eigenvalue weighted by Crippen LogP contribution is -2.46. The van der Waals surface area contributed by atoms with E-state index in [4.69, 9.17) is 4.98 Å². The Balaban J connectivity index is 1.66. The average Bonchev–Trinajstić information content (AvgIpc) is 3.36. The van der Waals surface area contributed by atoms with Crippen LogP contribution >= 0.6 is 22.7 Å². The average molecular weight is 427 g/mol. The van der Waals surface area contributed by atoms with Crippen molar-refractivity contribution in [2.45, 2.75) is 39.8 Å². The van der Waals surface area contributed by atoms with Gasteiger partial charge in [-0.2, -0.15) is 0 Å². The Kier molecular flexibility index (Phi) is 5.10. The molecule has 7 nitrogen and oxygen atoms in total. The molecule has 1 aromatic carbocycles. The predicted molar refractivity (Wildman–Crippen MR) is 118 cm³/mol. The number of aromatic amines is 1. The predicted octanol–water partition coefficient (Wildman–Crippen LogP) is 4.72. The molecule has 9 heteroatoms. The number of aryl methyl sites for hydroxylation is 1. The molecular formula is C20H22N6OS2. The third kappa shape index (κ3) is 4.46. The van der Waals surface area contributed by atoms with Gasteiger partial charge in [0.25, 0.3) is 0 Å². The Morgan fingerprint density at radius 2 is 2.03 bits per heavy atom. The van der Waals surface area contributed by atoms with E-state index < -0.39 is 0 Å². The van der Waals surface area contributed by atoms with E-state index in [0.717, 1.165) is 37.9 Å². The second kappa shape index (κ2) is 7.57. The minimum atomic E-state index is -0.299. The molecule has 0 saturated carbocycles. The summed E-state index contributed by atoms with van der Waals surface area (Å²) in [4.78, 5) is 29.2. The van der Waals surface area contributed by atoms with Crippen LogP contribution in [-0.2, 0) is 6.54 Å². The number of rotatable bonds is 4. The number of fused-ring (bicyclic) bond motifs is 1. The number of benzene rings is 1. The smallest absolute Gasteiger partial charge is 0.315 e. The summed E-state index contributed by atoms with van der Waals surface area (Å²) in [6, 6.07) is 5.91. The van der Waals surface area contributed by atoms with Gasteiger partial charge in [0.2, 0.25) is 0 Å². The Morgan fingerprint density at radius 3 is 2.76 bits per heavy atom. The van der Waals surface area contributed by atoms with Gasteiger partial charge in [-0.25, -0.2) is 19.7 Å². The van der Waals surface area contributed by atoms with E-state index in [0.29, 0.717) is 12.4 Å². The molecule has 4 aromatic rings. The standard InChI is InChI=1S/C20H22N6OS2/c1-11-9-28-18(23-11)17-16(12-5-6-13-14(7-12)29-10-22-13)24-15(25-17)8-21-19(27)26-20(2,3)4/h5-7,9-10H,8H2,1-4H3,(H,24,25)(H2,21,26,27). The fourth-order valence-corrected chi connectivity index (χ4v) is 4.40. The third-order valence-electron chi connectivity index (χ3n) is 4.10. The number of urea groups is 1. The van der Waals surface area contributed by atoms with Crippen molar-refractivity contribution in [3.63, 3.8) is 0 Å². The molecular weight excluding hydrogens is 404 g/mol. The van der Waals surface area contributed by atoms with Crippen molar-refractivity contribution >= 4 is 38.9 Å². The molecule has 3 heterocycles. The molecule has 0 saturated heterocycles.